The molecule has 2 aromatic carbocycles. The average molecular weight is 328 g/mol. The molecule has 3 rings (SSSR count). The Bertz CT molecular complexity index is 815. The van der Waals surface area contributed by atoms with E-state index in [9.17, 15) is 10.1 Å². The van der Waals surface area contributed by atoms with E-state index in [1.807, 2.05) is 24.3 Å². The molecule has 0 radical (unpaired) electrons. The zero-order valence-electron chi connectivity index (χ0n) is 12.1. The highest BCUT2D eigenvalue weighted by Gasteiger charge is 2.09. The van der Waals surface area contributed by atoms with Crippen LogP contribution in [0, 0.1) is 10.1 Å². The van der Waals surface area contributed by atoms with Crippen molar-refractivity contribution in [2.24, 2.45) is 0 Å². The van der Waals surface area contributed by atoms with Crippen LogP contribution in [-0.2, 0) is 0 Å². The summed E-state index contributed by atoms with van der Waals surface area (Å²) in [6.07, 6.45) is 0. The van der Waals surface area contributed by atoms with Gasteiger partial charge in [-0.2, -0.15) is 0 Å². The van der Waals surface area contributed by atoms with E-state index in [-0.39, 0.29) is 5.69 Å². The lowest BCUT2D eigenvalue weighted by Gasteiger charge is -2.03. The number of ether oxygens (including phenoxy) is 1. The number of anilines is 2. The second-order valence-corrected chi connectivity index (χ2v) is 5.55. The van der Waals surface area contributed by atoms with Crippen LogP contribution in [0.5, 0.6) is 5.75 Å². The van der Waals surface area contributed by atoms with Gasteiger partial charge < -0.3 is 10.1 Å². The molecule has 0 aliphatic rings. The number of nitrogens with one attached hydrogen (secondary N) is 1. The zero-order valence-corrected chi connectivity index (χ0v) is 12.9. The van der Waals surface area contributed by atoms with Crippen LogP contribution >= 0.6 is 11.3 Å². The van der Waals surface area contributed by atoms with E-state index in [0.29, 0.717) is 10.1 Å². The summed E-state index contributed by atoms with van der Waals surface area (Å²) in [6.45, 7) is 0. The van der Waals surface area contributed by atoms with Gasteiger partial charge in [0.25, 0.3) is 5.69 Å². The third-order valence-corrected chi connectivity index (χ3v) is 3.98. The van der Waals surface area contributed by atoms with Crippen LogP contribution in [-0.4, -0.2) is 22.2 Å². The lowest BCUT2D eigenvalue weighted by molar-refractivity contribution is -0.384. The van der Waals surface area contributed by atoms with Crippen molar-refractivity contribution in [1.29, 1.82) is 0 Å². The number of nitro groups is 1. The van der Waals surface area contributed by atoms with E-state index in [2.05, 4.69) is 15.5 Å². The molecule has 0 atom stereocenters. The van der Waals surface area contributed by atoms with Crippen molar-refractivity contribution < 1.29 is 9.66 Å². The van der Waals surface area contributed by atoms with Crippen molar-refractivity contribution in [3.8, 4) is 16.3 Å². The minimum absolute atomic E-state index is 0.0508. The molecule has 0 unspecified atom stereocenters. The number of methoxy groups -OCH3 is 1. The van der Waals surface area contributed by atoms with Gasteiger partial charge in [-0.25, -0.2) is 0 Å². The van der Waals surface area contributed by atoms with Crippen LogP contribution in [0.1, 0.15) is 0 Å². The predicted octanol–water partition coefficient (Wildman–Crippen LogP) is 3.87. The highest BCUT2D eigenvalue weighted by Crippen LogP contribution is 2.29. The fourth-order valence-electron chi connectivity index (χ4n) is 1.91. The molecule has 0 saturated carbocycles. The summed E-state index contributed by atoms with van der Waals surface area (Å²) in [6, 6.07) is 13.7. The fraction of sp³-hybridized carbons (Fsp3) is 0.0667. The van der Waals surface area contributed by atoms with Gasteiger partial charge in [0.05, 0.1) is 12.0 Å². The molecule has 0 amide bonds. The Labute approximate surface area is 135 Å². The largest absolute Gasteiger partial charge is 0.497 e. The first-order chi connectivity index (χ1) is 11.2. The Kier molecular flexibility index (Phi) is 4.15. The normalized spacial score (nSPS) is 10.3. The maximum atomic E-state index is 10.7. The summed E-state index contributed by atoms with van der Waals surface area (Å²) >= 11 is 1.37. The highest BCUT2D eigenvalue weighted by molar-refractivity contribution is 7.18. The van der Waals surface area contributed by atoms with Crippen molar-refractivity contribution in [3.63, 3.8) is 0 Å². The fourth-order valence-corrected chi connectivity index (χ4v) is 2.68. The molecule has 3 aromatic rings. The first-order valence-corrected chi connectivity index (χ1v) is 7.47. The van der Waals surface area contributed by atoms with Crippen molar-refractivity contribution in [2.45, 2.75) is 0 Å². The minimum Gasteiger partial charge on any atom is -0.497 e. The molecule has 0 spiro atoms. The number of non-ortho nitro benzene ring substituents is 1. The zero-order chi connectivity index (χ0) is 16.2. The molecule has 8 heteroatoms. The van der Waals surface area contributed by atoms with Crippen molar-refractivity contribution in [1.82, 2.24) is 10.2 Å². The minimum atomic E-state index is -0.430. The average Bonchev–Trinajstić information content (AvgIpc) is 3.04. The molecule has 1 heterocycles. The number of rotatable bonds is 5. The van der Waals surface area contributed by atoms with Crippen LogP contribution in [0.3, 0.4) is 0 Å². The molecular formula is C15H12N4O3S. The molecule has 23 heavy (non-hydrogen) atoms. The number of benzene rings is 2. The van der Waals surface area contributed by atoms with Gasteiger partial charge in [0, 0.05) is 23.4 Å². The summed E-state index contributed by atoms with van der Waals surface area (Å²) in [5, 5.41) is 23.3. The van der Waals surface area contributed by atoms with Crippen LogP contribution in [0.15, 0.2) is 48.5 Å². The Morgan fingerprint density at radius 1 is 1.09 bits per heavy atom. The standard InChI is InChI=1S/C15H12N4O3S/c1-22-13-8-4-11(5-9-13)16-15-18-17-14(23-15)10-2-6-12(7-3-10)19(20)21/h2-9H,1H3,(H,16,18). The Morgan fingerprint density at radius 3 is 2.39 bits per heavy atom. The van der Waals surface area contributed by atoms with E-state index in [1.165, 1.54) is 23.5 Å². The summed E-state index contributed by atoms with van der Waals surface area (Å²) in [7, 11) is 1.61. The second kappa shape index (κ2) is 6.41. The van der Waals surface area contributed by atoms with Crippen molar-refractivity contribution in [3.05, 3.63) is 58.6 Å². The SMILES string of the molecule is COc1ccc(Nc2nnc(-c3ccc([N+](=O)[O-])cc3)s2)cc1. The lowest BCUT2D eigenvalue weighted by atomic mass is 10.2. The van der Waals surface area contributed by atoms with E-state index >= 15 is 0 Å². The lowest BCUT2D eigenvalue weighted by Crippen LogP contribution is -1.89. The maximum Gasteiger partial charge on any atom is 0.269 e. The van der Waals surface area contributed by atoms with Crippen LogP contribution in [0.2, 0.25) is 0 Å². The molecule has 116 valence electrons. The molecule has 0 aliphatic carbocycles. The highest BCUT2D eigenvalue weighted by atomic mass is 32.1. The third kappa shape index (κ3) is 3.43. The van der Waals surface area contributed by atoms with Gasteiger partial charge in [-0.05, 0) is 36.4 Å². The summed E-state index contributed by atoms with van der Waals surface area (Å²) in [5.74, 6) is 0.777. The van der Waals surface area contributed by atoms with Gasteiger partial charge in [0.1, 0.15) is 10.8 Å². The van der Waals surface area contributed by atoms with Crippen molar-refractivity contribution >= 4 is 27.8 Å². The van der Waals surface area contributed by atoms with Gasteiger partial charge >= 0.3 is 0 Å². The molecule has 1 aromatic heterocycles. The van der Waals surface area contributed by atoms with E-state index < -0.39 is 4.92 Å². The molecule has 0 aliphatic heterocycles. The number of nitrogens with zero attached hydrogens (tertiary/aromatic N) is 3. The van der Waals surface area contributed by atoms with E-state index in [0.717, 1.165) is 17.0 Å². The quantitative estimate of drug-likeness (QED) is 0.565. The molecular weight excluding hydrogens is 316 g/mol. The Balaban J connectivity index is 1.75. The Morgan fingerprint density at radius 2 is 1.78 bits per heavy atom. The molecule has 0 fully saturated rings. The number of aromatic nitrogens is 2. The summed E-state index contributed by atoms with van der Waals surface area (Å²) < 4.78 is 5.11. The smallest absolute Gasteiger partial charge is 0.269 e. The topological polar surface area (TPSA) is 90.2 Å². The third-order valence-electron chi connectivity index (χ3n) is 3.09. The van der Waals surface area contributed by atoms with Crippen LogP contribution < -0.4 is 10.1 Å². The van der Waals surface area contributed by atoms with Crippen molar-refractivity contribution in [2.75, 3.05) is 12.4 Å². The Hall–Kier alpha value is -3.00. The van der Waals surface area contributed by atoms with Gasteiger partial charge in [-0.1, -0.05) is 11.3 Å². The molecule has 0 saturated heterocycles. The van der Waals surface area contributed by atoms with E-state index in [1.54, 1.807) is 19.2 Å². The second-order valence-electron chi connectivity index (χ2n) is 4.57. The predicted molar refractivity (Wildman–Crippen MR) is 88.3 cm³/mol. The monoisotopic (exact) mass is 328 g/mol. The maximum absolute atomic E-state index is 10.7. The molecule has 0 bridgehead atoms. The molecule has 1 N–H and O–H groups in total. The van der Waals surface area contributed by atoms with Crippen LogP contribution in [0.4, 0.5) is 16.5 Å². The molecule has 7 nitrogen and oxygen atoms in total. The number of nitro benzene ring substituents is 1. The van der Waals surface area contributed by atoms with Crippen LogP contribution in [0.25, 0.3) is 10.6 Å². The summed E-state index contributed by atoms with van der Waals surface area (Å²) in [5.41, 5.74) is 1.71. The van der Waals surface area contributed by atoms with Gasteiger partial charge in [-0.15, -0.1) is 10.2 Å². The summed E-state index contributed by atoms with van der Waals surface area (Å²) in [4.78, 5) is 10.2. The first kappa shape index (κ1) is 14.9. The van der Waals surface area contributed by atoms with Gasteiger partial charge in [0.2, 0.25) is 5.13 Å². The van der Waals surface area contributed by atoms with Gasteiger partial charge in [-0.3, -0.25) is 10.1 Å². The van der Waals surface area contributed by atoms with E-state index in [4.69, 9.17) is 4.74 Å². The first-order valence-electron chi connectivity index (χ1n) is 6.65. The number of hydrogen-bond donors (Lipinski definition) is 1. The van der Waals surface area contributed by atoms with Gasteiger partial charge in [0.15, 0.2) is 0 Å². The number of hydrogen-bond acceptors (Lipinski definition) is 7.